The molecule has 7 rings (SSSR count). The van der Waals surface area contributed by atoms with Gasteiger partial charge in [0.25, 0.3) is 0 Å². The maximum Gasteiger partial charge on any atom is 0.206 e. The molecule has 8 unspecified atom stereocenters. The van der Waals surface area contributed by atoms with Crippen molar-refractivity contribution in [3.05, 3.63) is 11.1 Å². The Morgan fingerprint density at radius 3 is 2.65 bits per heavy atom. The largest absolute Gasteiger partial charge is 0.387 e. The van der Waals surface area contributed by atoms with Gasteiger partial charge in [-0.3, -0.25) is 9.59 Å². The number of aliphatic hydroxyl groups is 2. The molecule has 7 aliphatic rings. The first-order chi connectivity index (χ1) is 12.2. The predicted octanol–water partition coefficient (Wildman–Crippen LogP) is 1.61. The summed E-state index contributed by atoms with van der Waals surface area (Å²) in [6.07, 6.45) is 1.70. The minimum Gasteiger partial charge on any atom is -0.387 e. The molecule has 2 N–H and O–H groups in total. The van der Waals surface area contributed by atoms with E-state index in [0.717, 1.165) is 24.0 Å². The van der Waals surface area contributed by atoms with Gasteiger partial charge in [-0.05, 0) is 43.4 Å². The van der Waals surface area contributed by atoms with Gasteiger partial charge in [-0.15, -0.1) is 0 Å². The SMILES string of the molecule is CC1=C2C(=O)C34C2C1CCC3C12COC4(O)C(O)C1C(C)(C)CCC2=O. The smallest absolute Gasteiger partial charge is 0.206 e. The first-order valence-electron chi connectivity index (χ1n) is 9.99. The van der Waals surface area contributed by atoms with Crippen LogP contribution in [0.1, 0.15) is 46.5 Å². The third-order valence-corrected chi connectivity index (χ3v) is 9.50. The summed E-state index contributed by atoms with van der Waals surface area (Å²) >= 11 is 0. The Hall–Kier alpha value is -1.04. The molecule has 5 nitrogen and oxygen atoms in total. The lowest BCUT2D eigenvalue weighted by Gasteiger charge is -2.80. The number of Topliss-reactive ketones (excluding diaryl/α,β-unsaturated/α-hetero) is 2. The highest BCUT2D eigenvalue weighted by Gasteiger charge is 2.90. The molecular formula is C21H26O5. The Morgan fingerprint density at radius 2 is 1.92 bits per heavy atom. The summed E-state index contributed by atoms with van der Waals surface area (Å²) in [6, 6.07) is 0. The van der Waals surface area contributed by atoms with Crippen LogP contribution in [0.25, 0.3) is 0 Å². The van der Waals surface area contributed by atoms with Gasteiger partial charge in [0.05, 0.1) is 12.0 Å². The minimum atomic E-state index is -1.86. The molecule has 2 aliphatic heterocycles. The van der Waals surface area contributed by atoms with E-state index in [2.05, 4.69) is 13.8 Å². The van der Waals surface area contributed by atoms with Crippen LogP contribution in [0.4, 0.5) is 0 Å². The Kier molecular flexibility index (Phi) is 2.48. The van der Waals surface area contributed by atoms with Gasteiger partial charge < -0.3 is 14.9 Å². The molecule has 2 saturated heterocycles. The van der Waals surface area contributed by atoms with E-state index in [0.29, 0.717) is 18.8 Å². The normalized spacial score (nSPS) is 58.4. The molecule has 2 bridgehead atoms. The van der Waals surface area contributed by atoms with E-state index in [9.17, 15) is 19.8 Å². The second-order valence-electron chi connectivity index (χ2n) is 10.4. The van der Waals surface area contributed by atoms with Crippen molar-refractivity contribution < 1.29 is 24.5 Å². The third-order valence-electron chi connectivity index (χ3n) is 9.50. The standard InChI is InChI=1S/C21H26O5/c1-9-10-4-5-11-19-8-26-21(25,20(11)14(10)13(9)16(20)23)17(24)15(19)18(2,3)7-6-12(19)22/h10-11,14-15,17,24-25H,4-8H2,1-3H3. The van der Waals surface area contributed by atoms with Crippen molar-refractivity contribution in [2.75, 3.05) is 6.61 Å². The lowest BCUT2D eigenvalue weighted by molar-refractivity contribution is -0.444. The summed E-state index contributed by atoms with van der Waals surface area (Å²) in [4.78, 5) is 26.7. The summed E-state index contributed by atoms with van der Waals surface area (Å²) in [5, 5.41) is 23.0. The highest BCUT2D eigenvalue weighted by molar-refractivity contribution is 6.13. The van der Waals surface area contributed by atoms with Crippen LogP contribution < -0.4 is 0 Å². The van der Waals surface area contributed by atoms with E-state index < -0.39 is 22.7 Å². The Morgan fingerprint density at radius 1 is 1.19 bits per heavy atom. The quantitative estimate of drug-likeness (QED) is 0.687. The molecule has 2 heterocycles. The van der Waals surface area contributed by atoms with Gasteiger partial charge in [-0.25, -0.2) is 0 Å². The zero-order valence-corrected chi connectivity index (χ0v) is 15.5. The van der Waals surface area contributed by atoms with Crippen molar-refractivity contribution in [3.63, 3.8) is 0 Å². The molecule has 140 valence electrons. The summed E-state index contributed by atoms with van der Waals surface area (Å²) in [5.41, 5.74) is -0.228. The topological polar surface area (TPSA) is 83.8 Å². The molecule has 2 spiro atoms. The van der Waals surface area contributed by atoms with E-state index >= 15 is 0 Å². The predicted molar refractivity (Wildman–Crippen MR) is 90.7 cm³/mol. The lowest BCUT2D eigenvalue weighted by atomic mass is 9.25. The summed E-state index contributed by atoms with van der Waals surface area (Å²) < 4.78 is 5.91. The van der Waals surface area contributed by atoms with Gasteiger partial charge in [-0.2, -0.15) is 0 Å². The van der Waals surface area contributed by atoms with Crippen LogP contribution in [0.5, 0.6) is 0 Å². The first kappa shape index (κ1) is 16.0. The monoisotopic (exact) mass is 358 g/mol. The average molecular weight is 358 g/mol. The van der Waals surface area contributed by atoms with Gasteiger partial charge >= 0.3 is 0 Å². The van der Waals surface area contributed by atoms with E-state index in [4.69, 9.17) is 4.74 Å². The van der Waals surface area contributed by atoms with Crippen LogP contribution in [0.3, 0.4) is 0 Å². The van der Waals surface area contributed by atoms with Crippen LogP contribution in [-0.2, 0) is 14.3 Å². The molecule has 26 heavy (non-hydrogen) atoms. The number of allylic oxidation sites excluding steroid dienone is 2. The second kappa shape index (κ2) is 4.03. The molecule has 6 fully saturated rings. The molecule has 0 aromatic heterocycles. The number of aliphatic hydroxyl groups excluding tert-OH is 1. The highest BCUT2D eigenvalue weighted by Crippen LogP contribution is 2.81. The van der Waals surface area contributed by atoms with Crippen LogP contribution in [0.2, 0.25) is 0 Å². The molecule has 0 aromatic carbocycles. The molecule has 5 aliphatic carbocycles. The number of ether oxygens (including phenoxy) is 1. The van der Waals surface area contributed by atoms with Crippen LogP contribution >= 0.6 is 0 Å². The van der Waals surface area contributed by atoms with Crippen molar-refractivity contribution >= 4 is 11.6 Å². The van der Waals surface area contributed by atoms with Crippen molar-refractivity contribution in [3.8, 4) is 0 Å². The second-order valence-corrected chi connectivity index (χ2v) is 10.4. The molecule has 0 aromatic rings. The maximum absolute atomic E-state index is 13.4. The zero-order valence-electron chi connectivity index (χ0n) is 15.5. The molecule has 0 radical (unpaired) electrons. The molecule has 8 atom stereocenters. The fourth-order valence-electron chi connectivity index (χ4n) is 8.57. The van der Waals surface area contributed by atoms with Crippen molar-refractivity contribution in [1.82, 2.24) is 0 Å². The summed E-state index contributed by atoms with van der Waals surface area (Å²) in [5.74, 6) is -2.10. The number of hydrogen-bond acceptors (Lipinski definition) is 5. The molecule has 0 amide bonds. The summed E-state index contributed by atoms with van der Waals surface area (Å²) in [7, 11) is 0. The maximum atomic E-state index is 13.4. The number of fused-ring (bicyclic) bond motifs is 1. The number of ketones is 2. The fourth-order valence-corrected chi connectivity index (χ4v) is 8.57. The molecule has 4 saturated carbocycles. The fraction of sp³-hybridized carbons (Fsp3) is 0.810. The first-order valence-corrected chi connectivity index (χ1v) is 9.99. The molecular weight excluding hydrogens is 332 g/mol. The third kappa shape index (κ3) is 1.15. The Balaban J connectivity index is 1.64. The number of carbonyl (C=O) groups is 2. The summed E-state index contributed by atoms with van der Waals surface area (Å²) in [6.45, 7) is 6.32. The zero-order chi connectivity index (χ0) is 18.4. The number of carbonyl (C=O) groups excluding carboxylic acids is 2. The van der Waals surface area contributed by atoms with Crippen LogP contribution in [0, 0.1) is 39.9 Å². The van der Waals surface area contributed by atoms with E-state index in [1.54, 1.807) is 0 Å². The average Bonchev–Trinajstić information content (AvgIpc) is 2.58. The number of hydrogen-bond donors (Lipinski definition) is 2. The Bertz CT molecular complexity index is 826. The minimum absolute atomic E-state index is 0.0376. The van der Waals surface area contributed by atoms with Gasteiger partial charge in [0.15, 0.2) is 5.78 Å². The number of rotatable bonds is 0. The Labute approximate surface area is 152 Å². The van der Waals surface area contributed by atoms with Crippen molar-refractivity contribution in [2.24, 2.45) is 39.9 Å². The van der Waals surface area contributed by atoms with E-state index in [1.165, 1.54) is 0 Å². The van der Waals surface area contributed by atoms with Crippen LogP contribution in [-0.4, -0.2) is 40.3 Å². The van der Waals surface area contributed by atoms with Crippen molar-refractivity contribution in [2.45, 2.75) is 58.3 Å². The van der Waals surface area contributed by atoms with Gasteiger partial charge in [0, 0.05) is 23.8 Å². The van der Waals surface area contributed by atoms with Crippen LogP contribution in [0.15, 0.2) is 11.1 Å². The van der Waals surface area contributed by atoms with Gasteiger partial charge in [0.1, 0.15) is 17.3 Å². The van der Waals surface area contributed by atoms with Gasteiger partial charge in [0.2, 0.25) is 5.79 Å². The highest BCUT2D eigenvalue weighted by atomic mass is 16.6. The van der Waals surface area contributed by atoms with E-state index in [1.807, 2.05) is 6.92 Å². The van der Waals surface area contributed by atoms with Crippen molar-refractivity contribution in [1.29, 1.82) is 0 Å². The van der Waals surface area contributed by atoms with Gasteiger partial charge in [-0.1, -0.05) is 19.4 Å². The molecule has 5 heteroatoms. The van der Waals surface area contributed by atoms with E-state index in [-0.39, 0.29) is 41.3 Å². The lowest BCUT2D eigenvalue weighted by Crippen LogP contribution is -2.89.